The molecule has 0 saturated heterocycles. The number of aromatic carboxylic acids is 2. The number of ether oxygens (including phenoxy) is 4. The maximum atomic E-state index is 13.7. The Morgan fingerprint density at radius 3 is 1.90 bits per heavy atom. The number of hydrogen-bond donors (Lipinski definition) is 4. The van der Waals surface area contributed by atoms with E-state index in [0.29, 0.717) is 0 Å². The molecule has 41 heavy (non-hydrogen) atoms. The molecule has 4 N–H and O–H groups in total. The third-order valence-electron chi connectivity index (χ3n) is 6.75. The standard InChI is InChI=1S/C28H20O13/c1-3-14-19(24(32)33)21(25(34)35)23-22(20(14)26(36)39-10-38-11(2)29)27(37)41-28(23)15-6-4-12(30)8-17(15)40-18-9-13(31)5-7-16(18)28/h4-9,30-31H,3,10H2,1-2H3,(H,32,33)(H,34,35). The van der Waals surface area contributed by atoms with Gasteiger partial charge in [0.05, 0.1) is 22.3 Å². The first-order chi connectivity index (χ1) is 19.4. The van der Waals surface area contributed by atoms with Crippen LogP contribution in [-0.2, 0) is 31.0 Å². The van der Waals surface area contributed by atoms with Crippen LogP contribution < -0.4 is 4.74 Å². The monoisotopic (exact) mass is 564 g/mol. The van der Waals surface area contributed by atoms with Crippen LogP contribution in [0.1, 0.15) is 77.5 Å². The smallest absolute Gasteiger partial charge is 0.342 e. The number of rotatable bonds is 6. The van der Waals surface area contributed by atoms with Gasteiger partial charge in [0.1, 0.15) is 23.0 Å². The Hall–Kier alpha value is -5.59. The van der Waals surface area contributed by atoms with Crippen molar-refractivity contribution in [3.05, 3.63) is 80.9 Å². The van der Waals surface area contributed by atoms with Gasteiger partial charge in [0.15, 0.2) is 5.60 Å². The van der Waals surface area contributed by atoms with E-state index >= 15 is 0 Å². The van der Waals surface area contributed by atoms with Gasteiger partial charge in [0.2, 0.25) is 6.79 Å². The van der Waals surface area contributed by atoms with Gasteiger partial charge in [-0.25, -0.2) is 19.2 Å². The van der Waals surface area contributed by atoms with Crippen LogP contribution in [0.2, 0.25) is 0 Å². The van der Waals surface area contributed by atoms with Crippen LogP contribution in [0, 0.1) is 0 Å². The van der Waals surface area contributed by atoms with E-state index < -0.39 is 70.1 Å². The molecule has 0 atom stereocenters. The summed E-state index contributed by atoms with van der Waals surface area (Å²) in [6.45, 7) is 1.64. The number of carboxylic acids is 2. The third-order valence-corrected chi connectivity index (χ3v) is 6.75. The molecule has 3 aromatic rings. The molecule has 5 rings (SSSR count). The van der Waals surface area contributed by atoms with Crippen LogP contribution in [0.5, 0.6) is 23.0 Å². The summed E-state index contributed by atoms with van der Waals surface area (Å²) in [5.41, 5.74) is -5.78. The van der Waals surface area contributed by atoms with Crippen LogP contribution in [0.25, 0.3) is 0 Å². The molecular formula is C28H20O13. The summed E-state index contributed by atoms with van der Waals surface area (Å²) < 4.78 is 21.4. The van der Waals surface area contributed by atoms with Gasteiger partial charge < -0.3 is 39.4 Å². The Morgan fingerprint density at radius 2 is 1.41 bits per heavy atom. The fourth-order valence-corrected chi connectivity index (χ4v) is 5.28. The number of fused-ring (bicyclic) bond motifs is 6. The van der Waals surface area contributed by atoms with Crippen molar-refractivity contribution in [1.82, 2.24) is 0 Å². The van der Waals surface area contributed by atoms with E-state index in [4.69, 9.17) is 14.2 Å². The molecule has 0 aliphatic carbocycles. The molecule has 0 aromatic heterocycles. The first-order valence-corrected chi connectivity index (χ1v) is 12.0. The molecule has 1 spiro atoms. The van der Waals surface area contributed by atoms with Gasteiger partial charge in [0, 0.05) is 35.7 Å². The second kappa shape index (κ2) is 9.55. The SMILES string of the molecule is CCc1c(C(=O)O)c(C(=O)O)c2c(c1C(=O)OCOC(C)=O)C(=O)OC21c2ccc(O)cc2Oc2cc(O)ccc21. The Kier molecular flexibility index (Phi) is 6.29. The van der Waals surface area contributed by atoms with E-state index in [-0.39, 0.29) is 46.1 Å². The minimum atomic E-state index is -2.20. The van der Waals surface area contributed by atoms with Crippen molar-refractivity contribution in [2.24, 2.45) is 0 Å². The van der Waals surface area contributed by atoms with Crippen molar-refractivity contribution in [2.75, 3.05) is 6.79 Å². The summed E-state index contributed by atoms with van der Waals surface area (Å²) >= 11 is 0. The van der Waals surface area contributed by atoms with E-state index in [9.17, 15) is 44.4 Å². The number of esters is 3. The van der Waals surface area contributed by atoms with Crippen molar-refractivity contribution in [3.8, 4) is 23.0 Å². The zero-order chi connectivity index (χ0) is 29.8. The molecule has 3 aromatic carbocycles. The number of hydrogen-bond acceptors (Lipinski definition) is 11. The molecule has 2 heterocycles. The topological polar surface area (TPSA) is 203 Å². The quantitative estimate of drug-likeness (QED) is 0.251. The molecule has 0 saturated carbocycles. The summed E-state index contributed by atoms with van der Waals surface area (Å²) in [5, 5.41) is 40.9. The number of carboxylic acid groups (broad SMARTS) is 2. The molecule has 13 nitrogen and oxygen atoms in total. The fourth-order valence-electron chi connectivity index (χ4n) is 5.28. The van der Waals surface area contributed by atoms with Gasteiger partial charge in [-0.3, -0.25) is 4.79 Å². The second-order valence-corrected chi connectivity index (χ2v) is 9.04. The molecule has 13 heteroatoms. The minimum Gasteiger partial charge on any atom is -0.508 e. The van der Waals surface area contributed by atoms with Crippen LogP contribution >= 0.6 is 0 Å². The molecule has 0 bridgehead atoms. The summed E-state index contributed by atoms with van der Waals surface area (Å²) in [6, 6.07) is 7.33. The molecule has 0 radical (unpaired) electrons. The number of carbonyl (C=O) groups excluding carboxylic acids is 3. The molecule has 0 unspecified atom stereocenters. The first-order valence-electron chi connectivity index (χ1n) is 12.0. The van der Waals surface area contributed by atoms with E-state index in [2.05, 4.69) is 4.74 Å². The van der Waals surface area contributed by atoms with Gasteiger partial charge in [0.25, 0.3) is 0 Å². The highest BCUT2D eigenvalue weighted by Gasteiger charge is 2.58. The van der Waals surface area contributed by atoms with Crippen molar-refractivity contribution >= 4 is 29.8 Å². The predicted octanol–water partition coefficient (Wildman–Crippen LogP) is 3.30. The number of phenolic OH excluding ortho intramolecular Hbond substituents is 2. The molecule has 0 amide bonds. The maximum Gasteiger partial charge on any atom is 0.342 e. The van der Waals surface area contributed by atoms with E-state index in [1.54, 1.807) is 0 Å². The van der Waals surface area contributed by atoms with Gasteiger partial charge >= 0.3 is 29.8 Å². The lowest BCUT2D eigenvalue weighted by Crippen LogP contribution is -2.35. The maximum absolute atomic E-state index is 13.7. The predicted molar refractivity (Wildman–Crippen MR) is 133 cm³/mol. The number of phenols is 2. The largest absolute Gasteiger partial charge is 0.508 e. The highest BCUT2D eigenvalue weighted by Crippen LogP contribution is 2.59. The number of benzene rings is 3. The Bertz CT molecular complexity index is 1650. The number of carbonyl (C=O) groups is 5. The summed E-state index contributed by atoms with van der Waals surface area (Å²) in [4.78, 5) is 63.7. The van der Waals surface area contributed by atoms with Gasteiger partial charge in [-0.05, 0) is 36.2 Å². The van der Waals surface area contributed by atoms with E-state index in [1.165, 1.54) is 31.2 Å². The summed E-state index contributed by atoms with van der Waals surface area (Å²) in [6.07, 6.45) is -0.217. The second-order valence-electron chi connectivity index (χ2n) is 9.04. The van der Waals surface area contributed by atoms with E-state index in [1.807, 2.05) is 0 Å². The number of aromatic hydroxyl groups is 2. The van der Waals surface area contributed by atoms with E-state index in [0.717, 1.165) is 19.1 Å². The Labute approximate surface area is 230 Å². The molecule has 2 aliphatic heterocycles. The van der Waals surface area contributed by atoms with Crippen LogP contribution in [0.4, 0.5) is 0 Å². The van der Waals surface area contributed by atoms with Crippen molar-refractivity contribution in [1.29, 1.82) is 0 Å². The Morgan fingerprint density at radius 1 is 0.854 bits per heavy atom. The molecule has 210 valence electrons. The van der Waals surface area contributed by atoms with Crippen molar-refractivity contribution < 1.29 is 63.3 Å². The lowest BCUT2D eigenvalue weighted by Gasteiger charge is -2.37. The third kappa shape index (κ3) is 3.97. The molecule has 2 aliphatic rings. The van der Waals surface area contributed by atoms with Crippen LogP contribution in [-0.4, -0.2) is 57.1 Å². The van der Waals surface area contributed by atoms with Gasteiger partial charge in [-0.1, -0.05) is 6.92 Å². The lowest BCUT2D eigenvalue weighted by molar-refractivity contribution is -0.149. The minimum absolute atomic E-state index is 0.00269. The van der Waals surface area contributed by atoms with Gasteiger partial charge in [-0.2, -0.15) is 0 Å². The summed E-state index contributed by atoms with van der Waals surface area (Å²) in [5.74, 6) is -7.43. The highest BCUT2D eigenvalue weighted by molar-refractivity contribution is 6.15. The van der Waals surface area contributed by atoms with Crippen LogP contribution in [0.15, 0.2) is 36.4 Å². The van der Waals surface area contributed by atoms with Crippen molar-refractivity contribution in [2.45, 2.75) is 25.9 Å². The average Bonchev–Trinajstić information content (AvgIpc) is 3.18. The zero-order valence-electron chi connectivity index (χ0n) is 21.3. The zero-order valence-corrected chi connectivity index (χ0v) is 21.3. The lowest BCUT2D eigenvalue weighted by atomic mass is 9.72. The Balaban J connectivity index is 1.96. The first kappa shape index (κ1) is 27.0. The summed E-state index contributed by atoms with van der Waals surface area (Å²) in [7, 11) is 0. The highest BCUT2D eigenvalue weighted by atomic mass is 16.7. The van der Waals surface area contributed by atoms with Crippen LogP contribution in [0.3, 0.4) is 0 Å². The van der Waals surface area contributed by atoms with Crippen molar-refractivity contribution in [3.63, 3.8) is 0 Å². The molecule has 0 fully saturated rings. The van der Waals surface area contributed by atoms with Gasteiger partial charge in [-0.15, -0.1) is 0 Å². The fraction of sp³-hybridized carbons (Fsp3) is 0.179. The molecular weight excluding hydrogens is 544 g/mol. The average molecular weight is 564 g/mol. The normalized spacial score (nSPS) is 13.8.